The Kier molecular flexibility index (Phi) is 29.9. The van der Waals surface area contributed by atoms with Gasteiger partial charge in [0.1, 0.15) is 30.4 Å². The predicted octanol–water partition coefficient (Wildman–Crippen LogP) is 3.60. The molecule has 4 aliphatic heterocycles. The Morgan fingerprint density at radius 3 is 2.16 bits per heavy atom. The van der Waals surface area contributed by atoms with Gasteiger partial charge in [-0.25, -0.2) is 14.4 Å². The van der Waals surface area contributed by atoms with Crippen molar-refractivity contribution >= 4 is 65.4 Å². The van der Waals surface area contributed by atoms with Gasteiger partial charge in [-0.3, -0.25) is 38.5 Å². The summed E-state index contributed by atoms with van der Waals surface area (Å²) in [6.45, 7) is 16.0. The highest BCUT2D eigenvalue weighted by atomic mass is 16.6. The van der Waals surface area contributed by atoms with Crippen LogP contribution in [-0.2, 0) is 73.3 Å². The molecule has 28 heteroatoms. The molecule has 9 N–H and O–H groups in total. The number of anilines is 1. The number of hydrogen-bond donors (Lipinski definition) is 8. The van der Waals surface area contributed by atoms with Crippen LogP contribution in [0.15, 0.2) is 72.4 Å². The minimum atomic E-state index is -1.50. The Hall–Kier alpha value is -7.76. The van der Waals surface area contributed by atoms with Crippen LogP contribution in [0.2, 0.25) is 0 Å². The summed E-state index contributed by atoms with van der Waals surface area (Å²) < 4.78 is 40.2. The molecule has 5 rings (SSSR count). The number of rotatable bonds is 31. The van der Waals surface area contributed by atoms with Gasteiger partial charge >= 0.3 is 30.2 Å². The second kappa shape index (κ2) is 36.6. The molecule has 12 atom stereocenters. The molecule has 0 bridgehead atoms. The highest BCUT2D eigenvalue weighted by molar-refractivity contribution is 6.12. The van der Waals surface area contributed by atoms with Gasteiger partial charge in [-0.1, -0.05) is 71.1 Å². The number of amides is 9. The molecular formula is C65H96N8O20. The Morgan fingerprint density at radius 1 is 0.892 bits per heavy atom. The van der Waals surface area contributed by atoms with Crippen molar-refractivity contribution in [3.8, 4) is 0 Å². The summed E-state index contributed by atoms with van der Waals surface area (Å²) in [5, 5.41) is 43.2. The molecule has 516 valence electrons. The highest BCUT2D eigenvalue weighted by Crippen LogP contribution is 2.38. The first-order valence-corrected chi connectivity index (χ1v) is 31.8. The summed E-state index contributed by atoms with van der Waals surface area (Å²) in [7, 11) is 0. The number of imide groups is 1. The van der Waals surface area contributed by atoms with Crippen molar-refractivity contribution in [2.75, 3.05) is 71.0 Å². The molecule has 0 aromatic heterocycles. The van der Waals surface area contributed by atoms with Crippen molar-refractivity contribution in [3.05, 3.63) is 77.9 Å². The minimum Gasteiger partial charge on any atom is -0.457 e. The predicted molar refractivity (Wildman–Crippen MR) is 337 cm³/mol. The lowest BCUT2D eigenvalue weighted by Crippen LogP contribution is -2.54. The number of nitrogens with two attached hydrogens (primary N) is 1. The number of epoxide rings is 1. The van der Waals surface area contributed by atoms with Gasteiger partial charge in [0, 0.05) is 82.2 Å². The number of piperazine rings is 1. The van der Waals surface area contributed by atoms with Crippen LogP contribution < -0.4 is 27.0 Å². The molecule has 1 aromatic carbocycles. The summed E-state index contributed by atoms with van der Waals surface area (Å²) >= 11 is 0. The topological polar surface area (TPSA) is 383 Å². The molecule has 93 heavy (non-hydrogen) atoms. The number of carbonyl (C=O) groups excluding carboxylic acids is 10. The van der Waals surface area contributed by atoms with Crippen LogP contribution in [-0.4, -0.2) is 215 Å². The number of allylic oxidation sites excluding steroid dienone is 2. The van der Waals surface area contributed by atoms with E-state index in [4.69, 9.17) is 38.9 Å². The average molecular weight is 1310 g/mol. The van der Waals surface area contributed by atoms with E-state index in [1.807, 2.05) is 13.8 Å². The van der Waals surface area contributed by atoms with Crippen LogP contribution in [0.1, 0.15) is 119 Å². The van der Waals surface area contributed by atoms with E-state index in [-0.39, 0.29) is 129 Å². The van der Waals surface area contributed by atoms with Crippen LogP contribution in [0.3, 0.4) is 0 Å². The number of ether oxygens (including phenoxy) is 7. The van der Waals surface area contributed by atoms with E-state index in [0.717, 1.165) is 4.90 Å². The molecule has 9 amide bonds. The SMILES string of the molecule is CC[C@H](O)[C@@H](C)[C@H]1O[C@@H]1C[C@@](C)(O)/C=C/C=C(\C)[C@H]1OC(=O)C[C@H](O)CC[C@@](C)(OC(C)=O)[C@@H](OC(=O)N2CCN(C(=O)OCc3ccc(NC(=O)[C@H](CCCNC(N)=O)NC(=O)[C@@H](NC(=O)CCOCCOCCN4C(=O)C=CC4=O)C(C)C)cc3)CC2)/C=C\[C@@H]1C. The number of nitrogens with zero attached hydrogens (tertiary/aromatic N) is 3. The first-order valence-electron chi connectivity index (χ1n) is 31.8. The zero-order valence-corrected chi connectivity index (χ0v) is 54.8. The Bertz CT molecular complexity index is 2840. The van der Waals surface area contributed by atoms with Gasteiger partial charge < -0.3 is 85.3 Å². The van der Waals surface area contributed by atoms with Crippen molar-refractivity contribution in [3.63, 3.8) is 0 Å². The number of urea groups is 1. The maximum atomic E-state index is 14.0. The molecule has 0 radical (unpaired) electrons. The van der Waals surface area contributed by atoms with Gasteiger partial charge in [0.05, 0.1) is 69.4 Å². The zero-order valence-electron chi connectivity index (χ0n) is 54.8. The fourth-order valence-corrected chi connectivity index (χ4v) is 10.8. The molecule has 0 unspecified atom stereocenters. The summed E-state index contributed by atoms with van der Waals surface area (Å²) in [5.41, 5.74) is 3.97. The smallest absolute Gasteiger partial charge is 0.410 e. The van der Waals surface area contributed by atoms with Crippen LogP contribution in [0.25, 0.3) is 0 Å². The monoisotopic (exact) mass is 1310 g/mol. The fraction of sp³-hybridized carbons (Fsp3) is 0.631. The third-order valence-corrected chi connectivity index (χ3v) is 16.4. The van der Waals surface area contributed by atoms with E-state index in [1.54, 1.807) is 96.2 Å². The molecule has 2 saturated heterocycles. The Morgan fingerprint density at radius 2 is 1.54 bits per heavy atom. The van der Waals surface area contributed by atoms with E-state index in [2.05, 4.69) is 21.3 Å². The van der Waals surface area contributed by atoms with E-state index < -0.39 is 119 Å². The first kappa shape index (κ1) is 76.0. The Balaban J connectivity index is 1.12. The largest absolute Gasteiger partial charge is 0.457 e. The van der Waals surface area contributed by atoms with E-state index >= 15 is 0 Å². The zero-order chi connectivity index (χ0) is 68.6. The molecule has 4 aliphatic rings. The Labute approximate surface area is 543 Å². The van der Waals surface area contributed by atoms with E-state index in [1.165, 1.54) is 28.9 Å². The average Bonchev–Trinajstić information content (AvgIpc) is 1.74. The number of cyclic esters (lactones) is 1. The lowest BCUT2D eigenvalue weighted by Gasteiger charge is -2.38. The molecule has 28 nitrogen and oxygen atoms in total. The third-order valence-electron chi connectivity index (χ3n) is 16.4. The lowest BCUT2D eigenvalue weighted by atomic mass is 9.88. The molecule has 2 fully saturated rings. The maximum absolute atomic E-state index is 14.0. The van der Waals surface area contributed by atoms with Crippen molar-refractivity contribution in [2.24, 2.45) is 23.5 Å². The highest BCUT2D eigenvalue weighted by Gasteiger charge is 2.47. The molecule has 0 aliphatic carbocycles. The van der Waals surface area contributed by atoms with Gasteiger partial charge in [-0.05, 0) is 88.1 Å². The summed E-state index contributed by atoms with van der Waals surface area (Å²) in [6, 6.07) is 3.50. The van der Waals surface area contributed by atoms with Crippen molar-refractivity contribution in [1.82, 2.24) is 30.7 Å². The summed E-state index contributed by atoms with van der Waals surface area (Å²) in [6.07, 6.45) is 5.78. The fourth-order valence-electron chi connectivity index (χ4n) is 10.8. The standard InChI is InChI=1S/C65H96N8O20/c1-10-49(76)43(6)58-50(90-58)38-64(8,86)25-11-13-41(4)57-42(5)15-20-51(65(9,93-44(7)74)26-23-47(75)37-55(80)92-57)91-63(85)72-30-28-71(29-31-72)62(84)89-39-45-16-18-46(19-17-45)68-59(81)48(14-12-27-67-61(66)83)69-60(82)56(40(2)3)70-52(77)24-33-87-35-36-88-34-32-73-53(78)21-22-54(73)79/h11,13,15-22,25,40,42-43,47-51,56-58,75-76,86H,10,12,14,23-24,26-39H2,1-9H3,(H,68,81)(H,69,82)(H,70,77)(H3,66,67,83)/b20-15-,25-11+,41-13+/t42-,43+,47+,48-,49-,50+,51-,56-,57+,58+,64-,65+/m0/s1. The minimum absolute atomic E-state index is 0.00821. The van der Waals surface area contributed by atoms with Crippen LogP contribution in [0.5, 0.6) is 0 Å². The molecule has 4 heterocycles. The number of primary amides is 1. The second-order valence-electron chi connectivity index (χ2n) is 24.7. The van der Waals surface area contributed by atoms with E-state index in [0.29, 0.717) is 29.7 Å². The van der Waals surface area contributed by atoms with Gasteiger partial charge in [-0.15, -0.1) is 0 Å². The maximum Gasteiger partial charge on any atom is 0.410 e. The van der Waals surface area contributed by atoms with Crippen molar-refractivity contribution in [2.45, 2.75) is 180 Å². The summed E-state index contributed by atoms with van der Waals surface area (Å²) in [5.74, 6) is -4.88. The molecular weight excluding hydrogens is 1210 g/mol. The number of esters is 2. The number of aliphatic hydroxyl groups excluding tert-OH is 2. The van der Waals surface area contributed by atoms with Crippen LogP contribution >= 0.6 is 0 Å². The van der Waals surface area contributed by atoms with Crippen LogP contribution in [0, 0.1) is 17.8 Å². The van der Waals surface area contributed by atoms with Gasteiger partial charge in [-0.2, -0.15) is 0 Å². The molecule has 0 spiro atoms. The third kappa shape index (κ3) is 25.2. The van der Waals surface area contributed by atoms with Crippen LogP contribution in [0.4, 0.5) is 20.1 Å². The number of aliphatic hydroxyl groups is 3. The molecule has 0 saturated carbocycles. The van der Waals surface area contributed by atoms with Gasteiger partial charge in [0.25, 0.3) is 11.8 Å². The summed E-state index contributed by atoms with van der Waals surface area (Å²) in [4.78, 5) is 132. The first-order chi connectivity index (χ1) is 44.0. The van der Waals surface area contributed by atoms with Gasteiger partial charge in [0.2, 0.25) is 17.7 Å². The number of nitrogens with one attached hydrogen (secondary N) is 4. The van der Waals surface area contributed by atoms with Gasteiger partial charge in [0.15, 0.2) is 6.10 Å². The van der Waals surface area contributed by atoms with Crippen molar-refractivity contribution < 1.29 is 96.4 Å². The second-order valence-corrected chi connectivity index (χ2v) is 24.7. The lowest BCUT2D eigenvalue weighted by molar-refractivity contribution is -0.168. The van der Waals surface area contributed by atoms with Crippen molar-refractivity contribution in [1.29, 1.82) is 0 Å². The normalized spacial score (nSPS) is 24.3. The number of hydrogen-bond acceptors (Lipinski definition) is 20. The van der Waals surface area contributed by atoms with E-state index in [9.17, 15) is 63.3 Å². The quantitative estimate of drug-likeness (QED) is 0.0100. The number of carbonyl (C=O) groups is 10. The number of benzene rings is 1. The molecule has 1 aromatic rings.